The minimum atomic E-state index is -0.646. The molecule has 0 fully saturated rings. The second-order valence-corrected chi connectivity index (χ2v) is 8.16. The van der Waals surface area contributed by atoms with Crippen molar-refractivity contribution in [2.75, 3.05) is 7.11 Å². The Kier molecular flexibility index (Phi) is 7.34. The number of aromatic nitrogens is 1. The molecular weight excluding hydrogens is 392 g/mol. The maximum absolute atomic E-state index is 12.8. The fourth-order valence-electron chi connectivity index (χ4n) is 3.65. The highest BCUT2D eigenvalue weighted by atomic mass is 16.5. The SMILES string of the molecule is COC(=O)[C@@H](CC(C)C)NC(=O)Cc1c(C)[nH]c2ccc(OCc3ccccc3)cc12. The third-order valence-electron chi connectivity index (χ3n) is 5.20. The van der Waals surface area contributed by atoms with Gasteiger partial charge in [-0.05, 0) is 48.6 Å². The van der Waals surface area contributed by atoms with Crippen molar-refractivity contribution in [1.82, 2.24) is 10.3 Å². The van der Waals surface area contributed by atoms with Crippen LogP contribution >= 0.6 is 0 Å². The number of carbonyl (C=O) groups excluding carboxylic acids is 2. The number of rotatable bonds is 9. The van der Waals surface area contributed by atoms with Crippen LogP contribution in [0.5, 0.6) is 5.75 Å². The number of hydrogen-bond acceptors (Lipinski definition) is 4. The zero-order valence-corrected chi connectivity index (χ0v) is 18.5. The molecule has 2 aromatic carbocycles. The molecule has 2 N–H and O–H groups in total. The molecule has 0 unspecified atom stereocenters. The zero-order chi connectivity index (χ0) is 22.4. The summed E-state index contributed by atoms with van der Waals surface area (Å²) in [6.45, 7) is 6.42. The molecule has 0 aliphatic rings. The monoisotopic (exact) mass is 422 g/mol. The van der Waals surface area contributed by atoms with Gasteiger partial charge in [0.1, 0.15) is 18.4 Å². The van der Waals surface area contributed by atoms with Gasteiger partial charge in [0.05, 0.1) is 13.5 Å². The van der Waals surface area contributed by atoms with E-state index in [1.54, 1.807) is 0 Å². The summed E-state index contributed by atoms with van der Waals surface area (Å²) in [5.41, 5.74) is 3.85. The Morgan fingerprint density at radius 1 is 1.10 bits per heavy atom. The van der Waals surface area contributed by atoms with Gasteiger partial charge in [0.2, 0.25) is 5.91 Å². The molecule has 0 saturated carbocycles. The molecule has 0 spiro atoms. The third kappa shape index (κ3) is 5.87. The van der Waals surface area contributed by atoms with Gasteiger partial charge in [-0.15, -0.1) is 0 Å². The number of carbonyl (C=O) groups is 2. The number of nitrogens with one attached hydrogen (secondary N) is 2. The minimum absolute atomic E-state index is 0.166. The zero-order valence-electron chi connectivity index (χ0n) is 18.5. The first-order valence-corrected chi connectivity index (χ1v) is 10.5. The summed E-state index contributed by atoms with van der Waals surface area (Å²) in [4.78, 5) is 28.1. The van der Waals surface area contributed by atoms with Gasteiger partial charge in [0.15, 0.2) is 0 Å². The van der Waals surface area contributed by atoms with E-state index in [2.05, 4.69) is 10.3 Å². The number of ether oxygens (including phenoxy) is 2. The first-order valence-electron chi connectivity index (χ1n) is 10.5. The van der Waals surface area contributed by atoms with Crippen molar-refractivity contribution in [1.29, 1.82) is 0 Å². The van der Waals surface area contributed by atoms with Crippen LogP contribution in [-0.4, -0.2) is 30.0 Å². The predicted molar refractivity (Wildman–Crippen MR) is 121 cm³/mol. The summed E-state index contributed by atoms with van der Waals surface area (Å²) in [7, 11) is 1.34. The third-order valence-corrected chi connectivity index (χ3v) is 5.20. The first kappa shape index (κ1) is 22.4. The molecule has 6 heteroatoms. The van der Waals surface area contributed by atoms with Crippen LogP contribution < -0.4 is 10.1 Å². The topological polar surface area (TPSA) is 80.4 Å². The molecule has 0 bridgehead atoms. The Bertz CT molecular complexity index is 1040. The van der Waals surface area contributed by atoms with Crippen molar-refractivity contribution in [3.8, 4) is 5.75 Å². The molecule has 1 amide bonds. The van der Waals surface area contributed by atoms with E-state index < -0.39 is 12.0 Å². The summed E-state index contributed by atoms with van der Waals surface area (Å²) < 4.78 is 10.8. The molecule has 0 aliphatic heterocycles. The molecule has 0 saturated heterocycles. The number of esters is 1. The van der Waals surface area contributed by atoms with Crippen molar-refractivity contribution < 1.29 is 19.1 Å². The number of hydrogen-bond donors (Lipinski definition) is 2. The Balaban J connectivity index is 1.75. The van der Waals surface area contributed by atoms with E-state index in [9.17, 15) is 9.59 Å². The Morgan fingerprint density at radius 3 is 2.52 bits per heavy atom. The highest BCUT2D eigenvalue weighted by molar-refractivity contribution is 5.92. The van der Waals surface area contributed by atoms with Crippen LogP contribution in [0.3, 0.4) is 0 Å². The number of amides is 1. The van der Waals surface area contributed by atoms with E-state index in [0.717, 1.165) is 33.5 Å². The minimum Gasteiger partial charge on any atom is -0.489 e. The van der Waals surface area contributed by atoms with E-state index >= 15 is 0 Å². The highest BCUT2D eigenvalue weighted by Gasteiger charge is 2.23. The van der Waals surface area contributed by atoms with E-state index in [1.807, 2.05) is 69.3 Å². The highest BCUT2D eigenvalue weighted by Crippen LogP contribution is 2.27. The summed E-state index contributed by atoms with van der Waals surface area (Å²) >= 11 is 0. The molecular formula is C25H30N2O4. The lowest BCUT2D eigenvalue weighted by Crippen LogP contribution is -2.43. The predicted octanol–water partition coefficient (Wildman–Crippen LogP) is 4.30. The number of methoxy groups -OCH3 is 1. The fourth-order valence-corrected chi connectivity index (χ4v) is 3.65. The molecule has 31 heavy (non-hydrogen) atoms. The van der Waals surface area contributed by atoms with Crippen molar-refractivity contribution in [3.63, 3.8) is 0 Å². The number of aromatic amines is 1. The van der Waals surface area contributed by atoms with Gasteiger partial charge < -0.3 is 19.8 Å². The number of aryl methyl sites for hydroxylation is 1. The summed E-state index contributed by atoms with van der Waals surface area (Å²) in [5.74, 6) is 0.359. The Morgan fingerprint density at radius 2 is 1.84 bits per heavy atom. The van der Waals surface area contributed by atoms with Crippen LogP contribution in [0.25, 0.3) is 10.9 Å². The normalized spacial score (nSPS) is 12.0. The molecule has 3 aromatic rings. The Labute approximate surface area is 182 Å². The van der Waals surface area contributed by atoms with Crippen LogP contribution in [0.4, 0.5) is 0 Å². The molecule has 1 atom stereocenters. The van der Waals surface area contributed by atoms with Gasteiger partial charge in [-0.3, -0.25) is 4.79 Å². The maximum atomic E-state index is 12.8. The molecule has 1 heterocycles. The van der Waals surface area contributed by atoms with E-state index in [1.165, 1.54) is 7.11 Å². The van der Waals surface area contributed by atoms with Gasteiger partial charge in [-0.1, -0.05) is 44.2 Å². The summed E-state index contributed by atoms with van der Waals surface area (Å²) in [6.07, 6.45) is 0.697. The molecule has 1 aromatic heterocycles. The van der Waals surface area contributed by atoms with Gasteiger partial charge >= 0.3 is 5.97 Å². The quantitative estimate of drug-likeness (QED) is 0.504. The number of fused-ring (bicyclic) bond motifs is 1. The Hall–Kier alpha value is -3.28. The van der Waals surface area contributed by atoms with Crippen LogP contribution in [0.1, 0.15) is 37.1 Å². The lowest BCUT2D eigenvalue weighted by Gasteiger charge is -2.18. The lowest BCUT2D eigenvalue weighted by molar-refractivity contribution is -0.145. The second kappa shape index (κ2) is 10.2. The largest absolute Gasteiger partial charge is 0.489 e. The molecule has 164 valence electrons. The van der Waals surface area contributed by atoms with Crippen LogP contribution in [0, 0.1) is 12.8 Å². The van der Waals surface area contributed by atoms with Crippen molar-refractivity contribution in [3.05, 3.63) is 65.4 Å². The second-order valence-electron chi connectivity index (χ2n) is 8.16. The van der Waals surface area contributed by atoms with Crippen molar-refractivity contribution >= 4 is 22.8 Å². The van der Waals surface area contributed by atoms with Gasteiger partial charge in [-0.25, -0.2) is 4.79 Å². The van der Waals surface area contributed by atoms with Gasteiger partial charge in [-0.2, -0.15) is 0 Å². The fraction of sp³-hybridized carbons (Fsp3) is 0.360. The first-order chi connectivity index (χ1) is 14.9. The number of benzene rings is 2. The maximum Gasteiger partial charge on any atom is 0.328 e. The van der Waals surface area contributed by atoms with Crippen molar-refractivity contribution in [2.24, 2.45) is 5.92 Å². The number of H-pyrrole nitrogens is 1. The van der Waals surface area contributed by atoms with Gasteiger partial charge in [0, 0.05) is 16.6 Å². The van der Waals surface area contributed by atoms with Crippen LogP contribution in [0.2, 0.25) is 0 Å². The molecule has 3 rings (SSSR count). The summed E-state index contributed by atoms with van der Waals surface area (Å²) in [5, 5.41) is 3.77. The molecule has 0 aliphatic carbocycles. The lowest BCUT2D eigenvalue weighted by atomic mass is 10.0. The molecule has 0 radical (unpaired) electrons. The van der Waals surface area contributed by atoms with Crippen molar-refractivity contribution in [2.45, 2.75) is 46.3 Å². The summed E-state index contributed by atoms with van der Waals surface area (Å²) in [6, 6.07) is 15.2. The average molecular weight is 423 g/mol. The standard InChI is InChI=1S/C25H30N2O4/c1-16(2)12-23(25(29)30-4)27-24(28)14-20-17(3)26-22-11-10-19(13-21(20)22)31-15-18-8-6-5-7-9-18/h5-11,13,16,23,26H,12,14-15H2,1-4H3,(H,27,28)/t23-/m1/s1. The van der Waals surface area contributed by atoms with Crippen LogP contribution in [0.15, 0.2) is 48.5 Å². The van der Waals surface area contributed by atoms with E-state index in [0.29, 0.717) is 13.0 Å². The van der Waals surface area contributed by atoms with E-state index in [-0.39, 0.29) is 18.2 Å². The van der Waals surface area contributed by atoms with Crippen LogP contribution in [-0.2, 0) is 27.4 Å². The molecule has 6 nitrogen and oxygen atoms in total. The average Bonchev–Trinajstić information content (AvgIpc) is 3.06. The van der Waals surface area contributed by atoms with Gasteiger partial charge in [0.25, 0.3) is 0 Å². The smallest absolute Gasteiger partial charge is 0.328 e. The van der Waals surface area contributed by atoms with E-state index in [4.69, 9.17) is 9.47 Å².